The molecule has 2 rings (SSSR count). The zero-order valence-corrected chi connectivity index (χ0v) is 12.4. The Labute approximate surface area is 120 Å². The van der Waals surface area contributed by atoms with Crippen molar-refractivity contribution in [2.75, 3.05) is 26.7 Å². The van der Waals surface area contributed by atoms with Crippen LogP contribution in [0, 0.1) is 0 Å². The van der Waals surface area contributed by atoms with Gasteiger partial charge in [0, 0.05) is 37.2 Å². The molecule has 1 aliphatic rings. The zero-order valence-electron chi connectivity index (χ0n) is 10.8. The second-order valence-electron chi connectivity index (χ2n) is 4.48. The molecular weight excluding hydrogens is 271 g/mol. The van der Waals surface area contributed by atoms with E-state index in [0.29, 0.717) is 6.04 Å². The first-order chi connectivity index (χ1) is 8.20. The first kappa shape index (κ1) is 15.6. The van der Waals surface area contributed by atoms with E-state index in [9.17, 15) is 0 Å². The molecule has 0 aliphatic carbocycles. The van der Waals surface area contributed by atoms with Gasteiger partial charge >= 0.3 is 0 Å². The SMILES string of the molecule is COc1ccc(CN2CCNC[C@H]2C)c(Cl)c1.Cl. The summed E-state index contributed by atoms with van der Waals surface area (Å²) in [4.78, 5) is 2.45. The van der Waals surface area contributed by atoms with Crippen LogP contribution in [0.1, 0.15) is 12.5 Å². The molecule has 1 heterocycles. The summed E-state index contributed by atoms with van der Waals surface area (Å²) < 4.78 is 5.15. The van der Waals surface area contributed by atoms with E-state index in [1.807, 2.05) is 12.1 Å². The number of ether oxygens (including phenoxy) is 1. The van der Waals surface area contributed by atoms with Crippen molar-refractivity contribution in [2.45, 2.75) is 19.5 Å². The summed E-state index contributed by atoms with van der Waals surface area (Å²) in [5.74, 6) is 0.812. The largest absolute Gasteiger partial charge is 0.497 e. The molecule has 0 aromatic heterocycles. The minimum Gasteiger partial charge on any atom is -0.497 e. The van der Waals surface area contributed by atoms with Crippen LogP contribution in [0.3, 0.4) is 0 Å². The predicted molar refractivity (Wildman–Crippen MR) is 78.0 cm³/mol. The third-order valence-corrected chi connectivity index (χ3v) is 3.62. The van der Waals surface area contributed by atoms with Gasteiger partial charge in [0.2, 0.25) is 0 Å². The Bertz CT molecular complexity index is 387. The lowest BCUT2D eigenvalue weighted by Crippen LogP contribution is -2.49. The molecule has 0 amide bonds. The van der Waals surface area contributed by atoms with Crippen molar-refractivity contribution in [1.29, 1.82) is 0 Å². The van der Waals surface area contributed by atoms with Gasteiger partial charge in [-0.1, -0.05) is 17.7 Å². The van der Waals surface area contributed by atoms with Gasteiger partial charge in [0.05, 0.1) is 7.11 Å². The number of halogens is 2. The molecule has 5 heteroatoms. The van der Waals surface area contributed by atoms with E-state index in [1.165, 1.54) is 5.56 Å². The Morgan fingerprint density at radius 2 is 2.28 bits per heavy atom. The second kappa shape index (κ2) is 7.19. The first-order valence-corrected chi connectivity index (χ1v) is 6.35. The average molecular weight is 291 g/mol. The number of benzene rings is 1. The topological polar surface area (TPSA) is 24.5 Å². The molecule has 1 aliphatic heterocycles. The van der Waals surface area contributed by atoms with Gasteiger partial charge in [-0.2, -0.15) is 0 Å². The van der Waals surface area contributed by atoms with Gasteiger partial charge in [0.25, 0.3) is 0 Å². The predicted octanol–water partition coefficient (Wildman–Crippen LogP) is 2.56. The molecule has 1 saturated heterocycles. The van der Waals surface area contributed by atoms with Crippen molar-refractivity contribution in [3.8, 4) is 5.75 Å². The van der Waals surface area contributed by atoms with Crippen LogP contribution < -0.4 is 10.1 Å². The zero-order chi connectivity index (χ0) is 12.3. The van der Waals surface area contributed by atoms with Crippen molar-refractivity contribution in [1.82, 2.24) is 10.2 Å². The summed E-state index contributed by atoms with van der Waals surface area (Å²) in [6, 6.07) is 6.45. The maximum atomic E-state index is 6.25. The number of nitrogens with one attached hydrogen (secondary N) is 1. The number of nitrogens with zero attached hydrogens (tertiary/aromatic N) is 1. The number of rotatable bonds is 3. The highest BCUT2D eigenvalue weighted by molar-refractivity contribution is 6.31. The van der Waals surface area contributed by atoms with Crippen molar-refractivity contribution in [3.63, 3.8) is 0 Å². The highest BCUT2D eigenvalue weighted by Crippen LogP contribution is 2.24. The smallest absolute Gasteiger partial charge is 0.120 e. The maximum absolute atomic E-state index is 6.25. The standard InChI is InChI=1S/C13H19ClN2O.ClH/c1-10-8-15-5-6-16(10)9-11-3-4-12(17-2)7-13(11)14;/h3-4,7,10,15H,5-6,8-9H2,1-2H3;1H/t10-;/m1./s1. The number of piperazine rings is 1. The molecule has 3 nitrogen and oxygen atoms in total. The van der Waals surface area contributed by atoms with Crippen LogP contribution in [0.2, 0.25) is 5.02 Å². The molecule has 18 heavy (non-hydrogen) atoms. The minimum absolute atomic E-state index is 0. The van der Waals surface area contributed by atoms with Gasteiger partial charge in [-0.3, -0.25) is 4.90 Å². The van der Waals surface area contributed by atoms with Gasteiger partial charge in [0.1, 0.15) is 5.75 Å². The van der Waals surface area contributed by atoms with Crippen LogP contribution in [-0.2, 0) is 6.54 Å². The average Bonchev–Trinajstić information content (AvgIpc) is 2.34. The van der Waals surface area contributed by atoms with Gasteiger partial charge in [-0.05, 0) is 24.6 Å². The highest BCUT2D eigenvalue weighted by Gasteiger charge is 2.18. The molecule has 0 unspecified atom stereocenters. The summed E-state index contributed by atoms with van der Waals surface area (Å²) in [5.41, 5.74) is 1.17. The van der Waals surface area contributed by atoms with E-state index in [0.717, 1.165) is 37.0 Å². The van der Waals surface area contributed by atoms with E-state index in [2.05, 4.69) is 23.2 Å². The van der Waals surface area contributed by atoms with Crippen LogP contribution in [-0.4, -0.2) is 37.7 Å². The van der Waals surface area contributed by atoms with Crippen molar-refractivity contribution >= 4 is 24.0 Å². The Morgan fingerprint density at radius 3 is 2.89 bits per heavy atom. The molecule has 1 N–H and O–H groups in total. The fourth-order valence-electron chi connectivity index (χ4n) is 2.12. The lowest BCUT2D eigenvalue weighted by atomic mass is 10.1. The molecular formula is C13H20Cl2N2O. The van der Waals surface area contributed by atoms with Crippen molar-refractivity contribution < 1.29 is 4.74 Å². The Kier molecular flexibility index (Phi) is 6.22. The van der Waals surface area contributed by atoms with Crippen LogP contribution in [0.5, 0.6) is 5.75 Å². The molecule has 0 bridgehead atoms. The third kappa shape index (κ3) is 3.75. The van der Waals surface area contributed by atoms with Gasteiger partial charge < -0.3 is 10.1 Å². The van der Waals surface area contributed by atoms with Crippen LogP contribution in [0.25, 0.3) is 0 Å². The molecule has 0 radical (unpaired) electrons. The Hall–Kier alpha value is -0.480. The van der Waals surface area contributed by atoms with E-state index >= 15 is 0 Å². The lowest BCUT2D eigenvalue weighted by molar-refractivity contribution is 0.165. The van der Waals surface area contributed by atoms with Crippen molar-refractivity contribution in [3.05, 3.63) is 28.8 Å². The molecule has 0 saturated carbocycles. The second-order valence-corrected chi connectivity index (χ2v) is 4.89. The highest BCUT2D eigenvalue weighted by atomic mass is 35.5. The quantitative estimate of drug-likeness (QED) is 0.926. The molecule has 1 aromatic carbocycles. The Morgan fingerprint density at radius 1 is 1.50 bits per heavy atom. The number of hydrogen-bond acceptors (Lipinski definition) is 3. The molecule has 102 valence electrons. The van der Waals surface area contributed by atoms with E-state index in [1.54, 1.807) is 7.11 Å². The first-order valence-electron chi connectivity index (χ1n) is 5.98. The van der Waals surface area contributed by atoms with Crippen LogP contribution >= 0.6 is 24.0 Å². The van der Waals surface area contributed by atoms with Gasteiger partial charge in [0.15, 0.2) is 0 Å². The fourth-order valence-corrected chi connectivity index (χ4v) is 2.35. The summed E-state index contributed by atoms with van der Waals surface area (Å²) >= 11 is 6.25. The number of hydrogen-bond donors (Lipinski definition) is 1. The van der Waals surface area contributed by atoms with Crippen LogP contribution in [0.4, 0.5) is 0 Å². The fraction of sp³-hybridized carbons (Fsp3) is 0.538. The van der Waals surface area contributed by atoms with Gasteiger partial charge in [-0.15, -0.1) is 12.4 Å². The van der Waals surface area contributed by atoms with E-state index in [4.69, 9.17) is 16.3 Å². The summed E-state index contributed by atoms with van der Waals surface area (Å²) in [6.07, 6.45) is 0. The summed E-state index contributed by atoms with van der Waals surface area (Å²) in [7, 11) is 1.66. The summed E-state index contributed by atoms with van der Waals surface area (Å²) in [6.45, 7) is 6.32. The van der Waals surface area contributed by atoms with Crippen molar-refractivity contribution in [2.24, 2.45) is 0 Å². The minimum atomic E-state index is 0. The molecule has 1 fully saturated rings. The third-order valence-electron chi connectivity index (χ3n) is 3.27. The number of methoxy groups -OCH3 is 1. The van der Waals surface area contributed by atoms with Gasteiger partial charge in [-0.25, -0.2) is 0 Å². The van der Waals surface area contributed by atoms with E-state index in [-0.39, 0.29) is 12.4 Å². The monoisotopic (exact) mass is 290 g/mol. The molecule has 0 spiro atoms. The Balaban J connectivity index is 0.00000162. The molecule has 1 aromatic rings. The maximum Gasteiger partial charge on any atom is 0.120 e. The summed E-state index contributed by atoms with van der Waals surface area (Å²) in [5, 5.41) is 4.18. The van der Waals surface area contributed by atoms with E-state index < -0.39 is 0 Å². The normalized spacial score (nSPS) is 20.3. The van der Waals surface area contributed by atoms with Crippen LogP contribution in [0.15, 0.2) is 18.2 Å². The molecule has 1 atom stereocenters. The lowest BCUT2D eigenvalue weighted by Gasteiger charge is -2.34.